The fourth-order valence-corrected chi connectivity index (χ4v) is 3.96. The third kappa shape index (κ3) is 3.48. The van der Waals surface area contributed by atoms with Gasteiger partial charge in [0.25, 0.3) is 0 Å². The molecule has 1 unspecified atom stereocenters. The number of aliphatic hydroxyl groups excluding tert-OH is 1. The molecule has 0 aliphatic carbocycles. The molecule has 0 aromatic heterocycles. The largest absolute Gasteiger partial charge is 0.392 e. The third-order valence-corrected chi connectivity index (χ3v) is 5.37. The average molecular weight is 304 g/mol. The highest BCUT2D eigenvalue weighted by Gasteiger charge is 2.29. The third-order valence-electron chi connectivity index (χ3n) is 3.30. The molecule has 1 fully saturated rings. The first-order chi connectivity index (χ1) is 9.04. The van der Waals surface area contributed by atoms with Crippen molar-refractivity contribution < 1.29 is 13.5 Å². The lowest BCUT2D eigenvalue weighted by molar-refractivity contribution is 0.108. The van der Waals surface area contributed by atoms with E-state index in [1.165, 1.54) is 4.31 Å². The number of aliphatic hydroxyl groups is 1. The summed E-state index contributed by atoms with van der Waals surface area (Å²) < 4.78 is 26.1. The normalized spacial score (nSPS) is 21.5. The highest BCUT2D eigenvalue weighted by atomic mass is 35.5. The number of alkyl halides is 1. The fourth-order valence-electron chi connectivity index (χ4n) is 2.23. The van der Waals surface area contributed by atoms with E-state index in [9.17, 15) is 13.5 Å². The molecule has 0 bridgehead atoms. The number of hydrogen-bond acceptors (Lipinski definition) is 3. The summed E-state index contributed by atoms with van der Waals surface area (Å²) in [7, 11) is -3.49. The van der Waals surface area contributed by atoms with Crippen LogP contribution in [0.25, 0.3) is 0 Å². The van der Waals surface area contributed by atoms with Gasteiger partial charge in [-0.3, -0.25) is 0 Å². The average Bonchev–Trinajstić information content (AvgIpc) is 2.40. The van der Waals surface area contributed by atoms with E-state index in [1.54, 1.807) is 24.3 Å². The lowest BCUT2D eigenvalue weighted by atomic mass is 10.1. The van der Waals surface area contributed by atoms with E-state index in [2.05, 4.69) is 0 Å². The predicted molar refractivity (Wildman–Crippen MR) is 74.9 cm³/mol. The van der Waals surface area contributed by atoms with Gasteiger partial charge in [-0.25, -0.2) is 8.42 Å². The molecule has 106 valence electrons. The summed E-state index contributed by atoms with van der Waals surface area (Å²) in [4.78, 5) is 0.278. The molecule has 19 heavy (non-hydrogen) atoms. The maximum atomic E-state index is 12.4. The first-order valence-corrected chi connectivity index (χ1v) is 8.34. The molecule has 0 spiro atoms. The maximum absolute atomic E-state index is 12.4. The van der Waals surface area contributed by atoms with Gasteiger partial charge >= 0.3 is 0 Å². The van der Waals surface area contributed by atoms with Gasteiger partial charge in [-0.2, -0.15) is 4.31 Å². The standard InChI is InChI=1S/C13H18ClNO3S/c14-8-7-11-3-5-13(6-4-11)19(17,18)15-9-1-2-12(16)10-15/h3-6,12,16H,1-2,7-10H2. The second-order valence-electron chi connectivity index (χ2n) is 4.74. The van der Waals surface area contributed by atoms with Crippen LogP contribution in [-0.4, -0.2) is 42.9 Å². The van der Waals surface area contributed by atoms with Gasteiger partial charge in [0.1, 0.15) is 0 Å². The van der Waals surface area contributed by atoms with E-state index in [4.69, 9.17) is 11.6 Å². The van der Waals surface area contributed by atoms with Crippen molar-refractivity contribution >= 4 is 21.6 Å². The molecule has 0 amide bonds. The zero-order valence-electron chi connectivity index (χ0n) is 10.6. The van der Waals surface area contributed by atoms with Crippen LogP contribution in [0.2, 0.25) is 0 Å². The predicted octanol–water partition coefficient (Wildman–Crippen LogP) is 1.61. The number of piperidine rings is 1. The Labute approximate surface area is 119 Å². The van der Waals surface area contributed by atoms with Crippen LogP contribution < -0.4 is 0 Å². The molecule has 4 nitrogen and oxygen atoms in total. The lowest BCUT2D eigenvalue weighted by Gasteiger charge is -2.29. The fraction of sp³-hybridized carbons (Fsp3) is 0.538. The Balaban J connectivity index is 2.18. The van der Waals surface area contributed by atoms with E-state index < -0.39 is 16.1 Å². The number of nitrogens with zero attached hydrogens (tertiary/aromatic N) is 1. The Morgan fingerprint density at radius 1 is 1.32 bits per heavy atom. The van der Waals surface area contributed by atoms with Crippen molar-refractivity contribution in [1.29, 1.82) is 0 Å². The molecular weight excluding hydrogens is 286 g/mol. The number of sulfonamides is 1. The minimum Gasteiger partial charge on any atom is -0.392 e. The van der Waals surface area contributed by atoms with Gasteiger partial charge in [-0.1, -0.05) is 12.1 Å². The Morgan fingerprint density at radius 3 is 2.58 bits per heavy atom. The van der Waals surface area contributed by atoms with E-state index in [0.29, 0.717) is 25.3 Å². The van der Waals surface area contributed by atoms with Crippen molar-refractivity contribution in [2.75, 3.05) is 19.0 Å². The summed E-state index contributed by atoms with van der Waals surface area (Å²) in [6.45, 7) is 0.661. The second-order valence-corrected chi connectivity index (χ2v) is 7.06. The summed E-state index contributed by atoms with van der Waals surface area (Å²) in [6.07, 6.45) is 1.54. The van der Waals surface area contributed by atoms with Crippen LogP contribution in [0.15, 0.2) is 29.2 Å². The summed E-state index contributed by atoms with van der Waals surface area (Å²) in [5, 5.41) is 9.58. The van der Waals surface area contributed by atoms with Gasteiger partial charge in [0, 0.05) is 19.0 Å². The van der Waals surface area contributed by atoms with Gasteiger partial charge in [-0.05, 0) is 37.0 Å². The van der Waals surface area contributed by atoms with Crippen molar-refractivity contribution in [3.63, 3.8) is 0 Å². The minimum atomic E-state index is -3.49. The molecule has 1 aromatic carbocycles. The van der Waals surface area contributed by atoms with Crippen LogP contribution in [0, 0.1) is 0 Å². The van der Waals surface area contributed by atoms with Crippen molar-refractivity contribution in [3.05, 3.63) is 29.8 Å². The van der Waals surface area contributed by atoms with Crippen LogP contribution in [0.5, 0.6) is 0 Å². The first-order valence-electron chi connectivity index (χ1n) is 6.37. The van der Waals surface area contributed by atoms with Crippen LogP contribution >= 0.6 is 11.6 Å². The zero-order chi connectivity index (χ0) is 13.9. The first kappa shape index (κ1) is 14.8. The molecule has 1 N–H and O–H groups in total. The summed E-state index contributed by atoms with van der Waals surface area (Å²) in [5.41, 5.74) is 1.02. The molecule has 1 heterocycles. The van der Waals surface area contributed by atoms with E-state index in [-0.39, 0.29) is 11.4 Å². The highest BCUT2D eigenvalue weighted by molar-refractivity contribution is 7.89. The van der Waals surface area contributed by atoms with E-state index in [0.717, 1.165) is 12.0 Å². The molecule has 6 heteroatoms. The molecular formula is C13H18ClNO3S. The topological polar surface area (TPSA) is 57.6 Å². The number of β-amino-alcohol motifs (C(OH)–C–C–N with tert-alkyl or cyclic N) is 1. The quantitative estimate of drug-likeness (QED) is 0.860. The van der Waals surface area contributed by atoms with Crippen molar-refractivity contribution in [2.45, 2.75) is 30.3 Å². The maximum Gasteiger partial charge on any atom is 0.243 e. The van der Waals surface area contributed by atoms with Crippen LogP contribution in [-0.2, 0) is 16.4 Å². The Morgan fingerprint density at radius 2 is 2.00 bits per heavy atom. The van der Waals surface area contributed by atoms with Crippen LogP contribution in [0.3, 0.4) is 0 Å². The van der Waals surface area contributed by atoms with Crippen LogP contribution in [0.1, 0.15) is 18.4 Å². The van der Waals surface area contributed by atoms with Gasteiger partial charge in [0.15, 0.2) is 0 Å². The molecule has 0 saturated carbocycles. The molecule has 1 aliphatic heterocycles. The Bertz CT molecular complexity index is 515. The lowest BCUT2D eigenvalue weighted by Crippen LogP contribution is -2.42. The van der Waals surface area contributed by atoms with Gasteiger partial charge in [0.05, 0.1) is 11.0 Å². The van der Waals surface area contributed by atoms with Crippen molar-refractivity contribution in [1.82, 2.24) is 4.31 Å². The van der Waals surface area contributed by atoms with E-state index >= 15 is 0 Å². The Hall–Kier alpha value is -0.620. The molecule has 1 aromatic rings. The summed E-state index contributed by atoms with van der Waals surface area (Å²) in [5.74, 6) is 0.518. The molecule has 1 atom stereocenters. The van der Waals surface area contributed by atoms with Crippen molar-refractivity contribution in [3.8, 4) is 0 Å². The van der Waals surface area contributed by atoms with Crippen molar-refractivity contribution in [2.24, 2.45) is 0 Å². The smallest absolute Gasteiger partial charge is 0.243 e. The SMILES string of the molecule is O=S(=O)(c1ccc(CCCl)cc1)N1CCCC(O)C1. The van der Waals surface area contributed by atoms with Gasteiger partial charge in [0.2, 0.25) is 10.0 Å². The summed E-state index contributed by atoms with van der Waals surface area (Å²) in [6, 6.07) is 6.79. The Kier molecular flexibility index (Phi) is 4.84. The minimum absolute atomic E-state index is 0.186. The number of halogens is 1. The molecule has 2 rings (SSSR count). The molecule has 0 radical (unpaired) electrons. The van der Waals surface area contributed by atoms with Crippen LogP contribution in [0.4, 0.5) is 0 Å². The molecule has 1 aliphatic rings. The van der Waals surface area contributed by atoms with E-state index in [1.807, 2.05) is 0 Å². The monoisotopic (exact) mass is 303 g/mol. The summed E-state index contributed by atoms with van der Waals surface area (Å²) >= 11 is 5.65. The van der Waals surface area contributed by atoms with Gasteiger partial charge < -0.3 is 5.11 Å². The number of benzene rings is 1. The number of hydrogen-bond donors (Lipinski definition) is 1. The highest BCUT2D eigenvalue weighted by Crippen LogP contribution is 2.21. The second kappa shape index (κ2) is 6.22. The zero-order valence-corrected chi connectivity index (χ0v) is 12.2. The number of rotatable bonds is 4. The molecule has 1 saturated heterocycles. The van der Waals surface area contributed by atoms with Gasteiger partial charge in [-0.15, -0.1) is 11.6 Å². The number of aryl methyl sites for hydroxylation is 1.